The molecule has 5 nitrogen and oxygen atoms in total. The van der Waals surface area contributed by atoms with Gasteiger partial charge in [-0.05, 0) is 63.8 Å². The Morgan fingerprint density at radius 3 is 2.69 bits per heavy atom. The number of para-hydroxylation sites is 2. The van der Waals surface area contributed by atoms with Crippen LogP contribution < -0.4 is 0 Å². The lowest BCUT2D eigenvalue weighted by atomic mass is 10.1. The molecule has 154 valence electrons. The highest BCUT2D eigenvalue weighted by molar-refractivity contribution is 5.78. The highest BCUT2D eigenvalue weighted by Gasteiger charge is 2.33. The quantitative estimate of drug-likeness (QED) is 0.486. The largest absolute Gasteiger partial charge is 0.354 e. The maximum absolute atomic E-state index is 13.0. The number of rotatable bonds is 8. The van der Waals surface area contributed by atoms with Crippen LogP contribution in [-0.2, 0) is 11.3 Å². The van der Waals surface area contributed by atoms with E-state index in [1.807, 2.05) is 6.07 Å². The number of aromatic nitrogens is 3. The van der Waals surface area contributed by atoms with Crippen LogP contribution in [0.15, 0.2) is 48.8 Å². The van der Waals surface area contributed by atoms with Gasteiger partial charge >= 0.3 is 0 Å². The molecular weight excluding hydrogens is 360 g/mol. The van der Waals surface area contributed by atoms with E-state index in [9.17, 15) is 4.79 Å². The van der Waals surface area contributed by atoms with E-state index in [0.717, 1.165) is 56.5 Å². The second-order valence-electron chi connectivity index (χ2n) is 8.40. The fraction of sp³-hybridized carbons (Fsp3) is 0.500. The standard InChI is InChI=1S/C24H32N4O/c1-19(2)28-21-12-6-5-11-20(21)25-24(28)22-13-10-18-27(22)23(29)14-4-3-7-15-26-16-8-9-17-26/h5-6,8-9,11-12,16-17,19,22H,3-4,7,10,13-15,18H2,1-2H3/t22-/m0/s1. The van der Waals surface area contributed by atoms with Gasteiger partial charge in [-0.2, -0.15) is 0 Å². The minimum absolute atomic E-state index is 0.108. The molecule has 1 aliphatic rings. The molecular formula is C24H32N4O. The van der Waals surface area contributed by atoms with Gasteiger partial charge in [0.25, 0.3) is 0 Å². The first-order valence-corrected chi connectivity index (χ1v) is 11.0. The van der Waals surface area contributed by atoms with Crippen molar-refractivity contribution >= 4 is 16.9 Å². The fourth-order valence-electron chi connectivity index (χ4n) is 4.58. The molecule has 2 aromatic heterocycles. The molecule has 3 aromatic rings. The third kappa shape index (κ3) is 4.24. The number of fused-ring (bicyclic) bond motifs is 1. The van der Waals surface area contributed by atoms with E-state index >= 15 is 0 Å². The van der Waals surface area contributed by atoms with E-state index in [2.05, 4.69) is 70.6 Å². The molecule has 1 fully saturated rings. The number of unbranched alkanes of at least 4 members (excludes halogenated alkanes) is 2. The van der Waals surface area contributed by atoms with Gasteiger partial charge in [0.1, 0.15) is 5.82 Å². The molecule has 1 saturated heterocycles. The number of hydrogen-bond acceptors (Lipinski definition) is 2. The van der Waals surface area contributed by atoms with Crippen LogP contribution in [0.4, 0.5) is 0 Å². The molecule has 0 spiro atoms. The number of nitrogens with zero attached hydrogens (tertiary/aromatic N) is 4. The van der Waals surface area contributed by atoms with Crippen molar-refractivity contribution < 1.29 is 4.79 Å². The number of aryl methyl sites for hydroxylation is 1. The van der Waals surface area contributed by atoms with Gasteiger partial charge in [-0.3, -0.25) is 4.79 Å². The molecule has 29 heavy (non-hydrogen) atoms. The van der Waals surface area contributed by atoms with Crippen LogP contribution >= 0.6 is 0 Å². The van der Waals surface area contributed by atoms with Crippen molar-refractivity contribution in [2.75, 3.05) is 6.54 Å². The Balaban J connectivity index is 1.40. The minimum atomic E-state index is 0.108. The topological polar surface area (TPSA) is 43.1 Å². The third-order valence-corrected chi connectivity index (χ3v) is 5.98. The Kier molecular flexibility index (Phi) is 6.02. The van der Waals surface area contributed by atoms with Crippen LogP contribution in [0.1, 0.15) is 70.3 Å². The third-order valence-electron chi connectivity index (χ3n) is 5.98. The maximum atomic E-state index is 13.0. The van der Waals surface area contributed by atoms with Crippen LogP contribution in [-0.4, -0.2) is 31.5 Å². The second-order valence-corrected chi connectivity index (χ2v) is 8.40. The lowest BCUT2D eigenvalue weighted by Gasteiger charge is -2.26. The number of likely N-dealkylation sites (tertiary alicyclic amines) is 1. The number of carbonyl (C=O) groups is 1. The summed E-state index contributed by atoms with van der Waals surface area (Å²) >= 11 is 0. The minimum Gasteiger partial charge on any atom is -0.354 e. The molecule has 4 rings (SSSR count). The summed E-state index contributed by atoms with van der Waals surface area (Å²) in [5.41, 5.74) is 2.20. The molecule has 0 radical (unpaired) electrons. The van der Waals surface area contributed by atoms with Crippen LogP contribution in [0.3, 0.4) is 0 Å². The zero-order valence-corrected chi connectivity index (χ0v) is 17.6. The first-order valence-electron chi connectivity index (χ1n) is 11.0. The van der Waals surface area contributed by atoms with Gasteiger partial charge in [-0.1, -0.05) is 18.6 Å². The SMILES string of the molecule is CC(C)n1c([C@@H]2CCCN2C(=O)CCCCCn2cccc2)nc2ccccc21. The molecule has 1 aliphatic heterocycles. The second kappa shape index (κ2) is 8.85. The van der Waals surface area contributed by atoms with Crippen LogP contribution in [0.25, 0.3) is 11.0 Å². The first-order chi connectivity index (χ1) is 14.1. The van der Waals surface area contributed by atoms with Crippen LogP contribution in [0.2, 0.25) is 0 Å². The smallest absolute Gasteiger partial charge is 0.223 e. The number of hydrogen-bond donors (Lipinski definition) is 0. The molecule has 0 saturated carbocycles. The molecule has 0 bridgehead atoms. The monoisotopic (exact) mass is 392 g/mol. The Morgan fingerprint density at radius 2 is 1.90 bits per heavy atom. The summed E-state index contributed by atoms with van der Waals surface area (Å²) in [6, 6.07) is 12.9. The highest BCUT2D eigenvalue weighted by Crippen LogP contribution is 2.35. The van der Waals surface area contributed by atoms with Crippen molar-refractivity contribution in [3.8, 4) is 0 Å². The summed E-state index contributed by atoms with van der Waals surface area (Å²) in [4.78, 5) is 20.0. The molecule has 0 aliphatic carbocycles. The van der Waals surface area contributed by atoms with Gasteiger partial charge in [-0.15, -0.1) is 0 Å². The van der Waals surface area contributed by atoms with E-state index in [-0.39, 0.29) is 11.9 Å². The van der Waals surface area contributed by atoms with Gasteiger partial charge < -0.3 is 14.0 Å². The van der Waals surface area contributed by atoms with Gasteiger partial charge in [0, 0.05) is 37.9 Å². The lowest BCUT2D eigenvalue weighted by Crippen LogP contribution is -2.32. The molecule has 1 aromatic carbocycles. The lowest BCUT2D eigenvalue weighted by molar-refractivity contribution is -0.132. The maximum Gasteiger partial charge on any atom is 0.223 e. The van der Waals surface area contributed by atoms with Crippen molar-refractivity contribution in [1.29, 1.82) is 0 Å². The van der Waals surface area contributed by atoms with Crippen molar-refractivity contribution in [2.45, 2.75) is 71.0 Å². The highest BCUT2D eigenvalue weighted by atomic mass is 16.2. The average molecular weight is 393 g/mol. The summed E-state index contributed by atoms with van der Waals surface area (Å²) in [7, 11) is 0. The molecule has 0 N–H and O–H groups in total. The predicted octanol–water partition coefficient (Wildman–Crippen LogP) is 5.34. The Labute approximate surface area is 173 Å². The zero-order chi connectivity index (χ0) is 20.2. The average Bonchev–Trinajstić information content (AvgIpc) is 3.45. The summed E-state index contributed by atoms with van der Waals surface area (Å²) in [6.07, 6.45) is 10.1. The van der Waals surface area contributed by atoms with Crippen molar-refractivity contribution in [3.63, 3.8) is 0 Å². The number of amides is 1. The van der Waals surface area contributed by atoms with E-state index in [1.54, 1.807) is 0 Å². The van der Waals surface area contributed by atoms with E-state index in [1.165, 1.54) is 5.52 Å². The molecule has 3 heterocycles. The molecule has 1 atom stereocenters. The Bertz CT molecular complexity index is 941. The van der Waals surface area contributed by atoms with Gasteiger partial charge in [0.05, 0.1) is 17.1 Å². The summed E-state index contributed by atoms with van der Waals surface area (Å²) in [5, 5.41) is 0. The number of imidazole rings is 1. The summed E-state index contributed by atoms with van der Waals surface area (Å²) < 4.78 is 4.53. The van der Waals surface area contributed by atoms with E-state index < -0.39 is 0 Å². The number of benzene rings is 1. The zero-order valence-electron chi connectivity index (χ0n) is 17.6. The molecule has 0 unspecified atom stereocenters. The van der Waals surface area contributed by atoms with Crippen LogP contribution in [0.5, 0.6) is 0 Å². The van der Waals surface area contributed by atoms with Gasteiger partial charge in [0.15, 0.2) is 0 Å². The van der Waals surface area contributed by atoms with Gasteiger partial charge in [0.2, 0.25) is 5.91 Å². The van der Waals surface area contributed by atoms with E-state index in [0.29, 0.717) is 12.5 Å². The van der Waals surface area contributed by atoms with Crippen LogP contribution in [0, 0.1) is 0 Å². The molecule has 5 heteroatoms. The Hall–Kier alpha value is -2.56. The predicted molar refractivity (Wildman–Crippen MR) is 117 cm³/mol. The summed E-state index contributed by atoms with van der Waals surface area (Å²) in [5.74, 6) is 1.34. The fourth-order valence-corrected chi connectivity index (χ4v) is 4.58. The normalized spacial score (nSPS) is 16.9. The molecule has 1 amide bonds. The van der Waals surface area contributed by atoms with Crippen molar-refractivity contribution in [1.82, 2.24) is 19.0 Å². The Morgan fingerprint density at radius 1 is 1.10 bits per heavy atom. The van der Waals surface area contributed by atoms with Crippen molar-refractivity contribution in [2.24, 2.45) is 0 Å². The first kappa shape index (κ1) is 19.7. The van der Waals surface area contributed by atoms with Gasteiger partial charge in [-0.25, -0.2) is 4.98 Å². The van der Waals surface area contributed by atoms with E-state index in [4.69, 9.17) is 4.98 Å². The number of carbonyl (C=O) groups excluding carboxylic acids is 1. The summed E-state index contributed by atoms with van der Waals surface area (Å²) in [6.45, 7) is 6.28. The van der Waals surface area contributed by atoms with Crippen molar-refractivity contribution in [3.05, 3.63) is 54.6 Å².